The third-order valence-electron chi connectivity index (χ3n) is 3.01. The molecule has 0 radical (unpaired) electrons. The molecule has 0 amide bonds. The molecule has 0 aliphatic carbocycles. The molecule has 0 aliphatic heterocycles. The van der Waals surface area contributed by atoms with E-state index in [4.69, 9.17) is 28.4 Å². The number of hydrogen-bond donors (Lipinski definition) is 0. The van der Waals surface area contributed by atoms with Gasteiger partial charge in [-0.3, -0.25) is 0 Å². The second-order valence-electron chi connectivity index (χ2n) is 4.55. The lowest BCUT2D eigenvalue weighted by molar-refractivity contribution is -0.371. The van der Waals surface area contributed by atoms with Gasteiger partial charge in [0.1, 0.15) is 0 Å². The lowest BCUT2D eigenvalue weighted by Gasteiger charge is -2.29. The summed E-state index contributed by atoms with van der Waals surface area (Å²) in [6.07, 6.45) is -1.02. The Morgan fingerprint density at radius 3 is 1.17 bits per heavy atom. The van der Waals surface area contributed by atoms with E-state index in [1.54, 1.807) is 0 Å². The van der Waals surface area contributed by atoms with E-state index in [2.05, 4.69) is 9.78 Å². The molecule has 0 N–H and O–H groups in total. The van der Waals surface area contributed by atoms with Crippen LogP contribution in [-0.2, 0) is 38.2 Å². The van der Waals surface area contributed by atoms with Gasteiger partial charge in [0.25, 0.3) is 0 Å². The number of ether oxygens (including phenoxy) is 6. The Morgan fingerprint density at radius 1 is 0.667 bits per heavy atom. The monoisotopic (exact) mass is 354 g/mol. The molecule has 0 aliphatic rings. The van der Waals surface area contributed by atoms with E-state index >= 15 is 0 Å². The second-order valence-corrected chi connectivity index (χ2v) is 4.55. The molecule has 0 spiro atoms. The van der Waals surface area contributed by atoms with Gasteiger partial charge < -0.3 is 28.4 Å². The van der Waals surface area contributed by atoms with E-state index < -0.39 is 24.3 Å². The van der Waals surface area contributed by atoms with Gasteiger partial charge in [0, 0.05) is 41.3 Å². The lowest BCUT2D eigenvalue weighted by Crippen LogP contribution is -2.41. The Hall–Kier alpha value is -1.62. The SMILES string of the molecule is CCCC(OC)(OC)OC(=O)OOC(=O)OC(CCC)(OC)OC. The molecule has 0 saturated carbocycles. The van der Waals surface area contributed by atoms with E-state index in [-0.39, 0.29) is 12.8 Å². The number of rotatable bonds is 10. The van der Waals surface area contributed by atoms with Gasteiger partial charge in [-0.05, 0) is 12.8 Å². The van der Waals surface area contributed by atoms with Crippen LogP contribution in [0.2, 0.25) is 0 Å². The van der Waals surface area contributed by atoms with Crippen LogP contribution >= 0.6 is 0 Å². The van der Waals surface area contributed by atoms with Crippen LogP contribution in [-0.4, -0.2) is 52.7 Å². The zero-order valence-electron chi connectivity index (χ0n) is 14.9. The van der Waals surface area contributed by atoms with Crippen molar-refractivity contribution in [2.75, 3.05) is 28.4 Å². The lowest BCUT2D eigenvalue weighted by atomic mass is 10.3. The molecule has 0 bridgehead atoms. The number of carbonyl (C=O) groups excluding carboxylic acids is 2. The third-order valence-corrected chi connectivity index (χ3v) is 3.01. The second kappa shape index (κ2) is 11.0. The minimum atomic E-state index is -1.63. The first-order valence-corrected chi connectivity index (χ1v) is 7.37. The molecule has 0 atom stereocenters. The van der Waals surface area contributed by atoms with Gasteiger partial charge in [-0.2, -0.15) is 19.4 Å². The Kier molecular flexibility index (Phi) is 10.3. The maximum atomic E-state index is 11.6. The van der Waals surface area contributed by atoms with Crippen molar-refractivity contribution in [1.29, 1.82) is 0 Å². The van der Waals surface area contributed by atoms with Gasteiger partial charge in [0.2, 0.25) is 0 Å². The molecule has 0 aromatic carbocycles. The van der Waals surface area contributed by atoms with Gasteiger partial charge in [-0.15, -0.1) is 0 Å². The highest BCUT2D eigenvalue weighted by Crippen LogP contribution is 2.22. The predicted octanol–water partition coefficient (Wildman–Crippen LogP) is 2.70. The van der Waals surface area contributed by atoms with E-state index in [0.29, 0.717) is 12.8 Å². The summed E-state index contributed by atoms with van der Waals surface area (Å²) in [7, 11) is 5.16. The summed E-state index contributed by atoms with van der Waals surface area (Å²) in [5.74, 6) is -3.27. The number of methoxy groups -OCH3 is 4. The number of hydrogen-bond acceptors (Lipinski definition) is 10. The maximum absolute atomic E-state index is 11.6. The fraction of sp³-hybridized carbons (Fsp3) is 0.857. The third kappa shape index (κ3) is 6.87. The van der Waals surface area contributed by atoms with E-state index in [9.17, 15) is 9.59 Å². The maximum Gasteiger partial charge on any atom is 0.554 e. The van der Waals surface area contributed by atoms with Crippen molar-refractivity contribution in [1.82, 2.24) is 0 Å². The molecule has 10 heteroatoms. The first kappa shape index (κ1) is 22.4. The highest BCUT2D eigenvalue weighted by atomic mass is 17.3. The summed E-state index contributed by atoms with van der Waals surface area (Å²) < 4.78 is 29.7. The van der Waals surface area contributed by atoms with Crippen molar-refractivity contribution in [2.45, 2.75) is 51.5 Å². The smallest absolute Gasteiger partial charge is 0.373 e. The molecule has 0 aromatic heterocycles. The van der Waals surface area contributed by atoms with Crippen LogP contribution in [0.5, 0.6) is 0 Å². The minimum absolute atomic E-state index is 0.243. The Bertz CT molecular complexity index is 340. The molecule has 24 heavy (non-hydrogen) atoms. The Labute approximate surface area is 141 Å². The van der Waals surface area contributed by atoms with Crippen molar-refractivity contribution >= 4 is 12.3 Å². The van der Waals surface area contributed by atoms with Gasteiger partial charge in [-0.1, -0.05) is 13.8 Å². The van der Waals surface area contributed by atoms with Crippen LogP contribution in [0.1, 0.15) is 39.5 Å². The van der Waals surface area contributed by atoms with Gasteiger partial charge in [0.05, 0.1) is 0 Å². The average molecular weight is 354 g/mol. The van der Waals surface area contributed by atoms with E-state index in [0.717, 1.165) is 0 Å². The van der Waals surface area contributed by atoms with E-state index in [1.165, 1.54) is 28.4 Å². The van der Waals surface area contributed by atoms with Gasteiger partial charge in [0.15, 0.2) is 0 Å². The molecule has 10 nitrogen and oxygen atoms in total. The minimum Gasteiger partial charge on any atom is -0.373 e. The highest BCUT2D eigenvalue weighted by molar-refractivity contribution is 5.63. The molecular formula is C14H26O10. The van der Waals surface area contributed by atoms with Crippen molar-refractivity contribution in [3.8, 4) is 0 Å². The first-order chi connectivity index (χ1) is 11.4. The molecule has 0 aromatic rings. The molecule has 0 saturated heterocycles. The topological polar surface area (TPSA) is 108 Å². The molecule has 142 valence electrons. The van der Waals surface area contributed by atoms with Crippen molar-refractivity contribution in [3.05, 3.63) is 0 Å². The fourth-order valence-electron chi connectivity index (χ4n) is 1.81. The zero-order valence-corrected chi connectivity index (χ0v) is 14.9. The quantitative estimate of drug-likeness (QED) is 0.251. The largest absolute Gasteiger partial charge is 0.554 e. The summed E-state index contributed by atoms with van der Waals surface area (Å²) in [5, 5.41) is 0. The average Bonchev–Trinajstić information content (AvgIpc) is 2.59. The van der Waals surface area contributed by atoms with Crippen LogP contribution in [0.15, 0.2) is 0 Å². The molecule has 0 unspecified atom stereocenters. The molecular weight excluding hydrogens is 328 g/mol. The molecule has 0 fully saturated rings. The zero-order chi connectivity index (χ0) is 18.6. The van der Waals surface area contributed by atoms with Crippen LogP contribution < -0.4 is 0 Å². The first-order valence-electron chi connectivity index (χ1n) is 7.37. The van der Waals surface area contributed by atoms with Crippen LogP contribution in [0.25, 0.3) is 0 Å². The fourth-order valence-corrected chi connectivity index (χ4v) is 1.81. The van der Waals surface area contributed by atoms with Crippen molar-refractivity contribution in [2.24, 2.45) is 0 Å². The summed E-state index contributed by atoms with van der Waals surface area (Å²) in [6, 6.07) is 0. The van der Waals surface area contributed by atoms with E-state index in [1.807, 2.05) is 13.8 Å². The summed E-state index contributed by atoms with van der Waals surface area (Å²) in [5.41, 5.74) is 0. The van der Waals surface area contributed by atoms with Crippen LogP contribution in [0, 0.1) is 0 Å². The van der Waals surface area contributed by atoms with Crippen LogP contribution in [0.3, 0.4) is 0 Å². The van der Waals surface area contributed by atoms with Crippen LogP contribution in [0.4, 0.5) is 9.59 Å². The Balaban J connectivity index is 4.56. The summed E-state index contributed by atoms with van der Waals surface area (Å²) >= 11 is 0. The normalized spacial score (nSPS) is 11.8. The molecule has 0 rings (SSSR count). The summed E-state index contributed by atoms with van der Waals surface area (Å²) in [4.78, 5) is 31.6. The highest BCUT2D eigenvalue weighted by Gasteiger charge is 2.37. The summed E-state index contributed by atoms with van der Waals surface area (Å²) in [6.45, 7) is 3.66. The number of carbonyl (C=O) groups is 2. The van der Waals surface area contributed by atoms with Gasteiger partial charge >= 0.3 is 24.3 Å². The Morgan fingerprint density at radius 2 is 0.958 bits per heavy atom. The standard InChI is InChI=1S/C14H26O10/c1-7-9-13(17-3,18-4)21-11(15)23-24-12(16)22-14(19-5,20-6)10-8-2/h7-10H2,1-6H3. The molecule has 0 heterocycles. The van der Waals surface area contributed by atoms with Gasteiger partial charge in [-0.25, -0.2) is 0 Å². The predicted molar refractivity (Wildman–Crippen MR) is 78.4 cm³/mol. The van der Waals surface area contributed by atoms with Crippen molar-refractivity contribution in [3.63, 3.8) is 0 Å². The van der Waals surface area contributed by atoms with Crippen molar-refractivity contribution < 1.29 is 47.8 Å².